The molecule has 1 aliphatic heterocycles. The lowest BCUT2D eigenvalue weighted by molar-refractivity contribution is 0.0746. The molecule has 3 rings (SSSR count). The van der Waals surface area contributed by atoms with E-state index in [9.17, 15) is 13.2 Å². The Morgan fingerprint density at radius 1 is 1.08 bits per heavy atom. The van der Waals surface area contributed by atoms with Gasteiger partial charge in [0.05, 0.1) is 18.5 Å². The molecule has 132 valence electrons. The van der Waals surface area contributed by atoms with E-state index < -0.39 is 10.0 Å². The predicted octanol–water partition coefficient (Wildman–Crippen LogP) is 2.12. The standard InChI is InChI=1S/C18H21N3O3S/c1-13-8-9-16(19-14(13)2)18(22)20-10-11-21(25(3,23)24)17-7-5-4-6-15(17)12-20/h4-9H,10-12H2,1-3H3. The number of benzene rings is 1. The van der Waals surface area contributed by atoms with Crippen LogP contribution in [0, 0.1) is 13.8 Å². The minimum Gasteiger partial charge on any atom is -0.331 e. The Morgan fingerprint density at radius 3 is 2.48 bits per heavy atom. The second-order valence-corrected chi connectivity index (χ2v) is 8.20. The van der Waals surface area contributed by atoms with Crippen LogP contribution in [0.3, 0.4) is 0 Å². The molecule has 1 aromatic carbocycles. The zero-order valence-electron chi connectivity index (χ0n) is 14.6. The van der Waals surface area contributed by atoms with Crippen LogP contribution in [0.1, 0.15) is 27.3 Å². The van der Waals surface area contributed by atoms with Gasteiger partial charge in [-0.2, -0.15) is 0 Å². The number of hydrogen-bond acceptors (Lipinski definition) is 4. The average Bonchev–Trinajstić information content (AvgIpc) is 2.76. The van der Waals surface area contributed by atoms with Gasteiger partial charge in [-0.3, -0.25) is 9.10 Å². The van der Waals surface area contributed by atoms with Gasteiger partial charge >= 0.3 is 0 Å². The van der Waals surface area contributed by atoms with E-state index in [0.717, 1.165) is 16.8 Å². The first-order valence-electron chi connectivity index (χ1n) is 8.06. The molecule has 0 radical (unpaired) electrons. The Bertz CT molecular complexity index is 925. The van der Waals surface area contributed by atoms with Gasteiger partial charge in [0, 0.05) is 18.8 Å². The summed E-state index contributed by atoms with van der Waals surface area (Å²) >= 11 is 0. The van der Waals surface area contributed by atoms with Crippen molar-refractivity contribution in [1.82, 2.24) is 9.88 Å². The highest BCUT2D eigenvalue weighted by Crippen LogP contribution is 2.27. The fourth-order valence-electron chi connectivity index (χ4n) is 2.93. The maximum atomic E-state index is 12.9. The molecule has 7 heteroatoms. The summed E-state index contributed by atoms with van der Waals surface area (Å²) < 4.78 is 25.6. The van der Waals surface area contributed by atoms with Gasteiger partial charge in [0.2, 0.25) is 10.0 Å². The number of anilines is 1. The van der Waals surface area contributed by atoms with Gasteiger partial charge in [-0.05, 0) is 37.1 Å². The molecule has 0 unspecified atom stereocenters. The van der Waals surface area contributed by atoms with E-state index in [2.05, 4.69) is 4.98 Å². The van der Waals surface area contributed by atoms with Crippen molar-refractivity contribution in [3.63, 3.8) is 0 Å². The molecule has 0 spiro atoms. The van der Waals surface area contributed by atoms with Gasteiger partial charge in [-0.1, -0.05) is 24.3 Å². The second-order valence-electron chi connectivity index (χ2n) is 6.29. The zero-order valence-corrected chi connectivity index (χ0v) is 15.4. The van der Waals surface area contributed by atoms with Crippen molar-refractivity contribution in [2.45, 2.75) is 20.4 Å². The Labute approximate surface area is 148 Å². The smallest absolute Gasteiger partial charge is 0.272 e. The van der Waals surface area contributed by atoms with E-state index in [1.165, 1.54) is 10.6 Å². The third-order valence-electron chi connectivity index (χ3n) is 4.45. The van der Waals surface area contributed by atoms with Crippen LogP contribution >= 0.6 is 0 Å². The van der Waals surface area contributed by atoms with Crippen molar-refractivity contribution in [1.29, 1.82) is 0 Å². The largest absolute Gasteiger partial charge is 0.331 e. The van der Waals surface area contributed by atoms with Crippen molar-refractivity contribution in [2.24, 2.45) is 0 Å². The molecule has 0 saturated heterocycles. The number of hydrogen-bond donors (Lipinski definition) is 0. The van der Waals surface area contributed by atoms with Gasteiger partial charge in [0.25, 0.3) is 5.91 Å². The molecule has 0 fully saturated rings. The molecule has 6 nitrogen and oxygen atoms in total. The molecular formula is C18H21N3O3S. The highest BCUT2D eigenvalue weighted by Gasteiger charge is 2.28. The molecule has 25 heavy (non-hydrogen) atoms. The van der Waals surface area contributed by atoms with E-state index in [1.807, 2.05) is 32.0 Å². The number of aryl methyl sites for hydroxylation is 2. The average molecular weight is 359 g/mol. The topological polar surface area (TPSA) is 70.6 Å². The minimum atomic E-state index is -3.41. The van der Waals surface area contributed by atoms with Crippen LogP contribution in [0.5, 0.6) is 0 Å². The molecule has 1 aromatic heterocycles. The van der Waals surface area contributed by atoms with E-state index in [0.29, 0.717) is 24.5 Å². The number of pyridine rings is 1. The molecule has 1 amide bonds. The number of rotatable bonds is 2. The summed E-state index contributed by atoms with van der Waals surface area (Å²) in [4.78, 5) is 18.9. The third kappa shape index (κ3) is 3.51. The van der Waals surface area contributed by atoms with Crippen LogP contribution in [0.2, 0.25) is 0 Å². The number of fused-ring (bicyclic) bond motifs is 1. The number of sulfonamides is 1. The minimum absolute atomic E-state index is 0.187. The lowest BCUT2D eigenvalue weighted by Crippen LogP contribution is -2.37. The summed E-state index contributed by atoms with van der Waals surface area (Å²) in [6.07, 6.45) is 1.19. The number of aromatic nitrogens is 1. The van der Waals surface area contributed by atoms with Crippen LogP contribution in [-0.4, -0.2) is 43.6 Å². The number of para-hydroxylation sites is 1. The summed E-state index contributed by atoms with van der Waals surface area (Å²) in [6.45, 7) is 4.72. The van der Waals surface area contributed by atoms with Gasteiger partial charge in [0.1, 0.15) is 5.69 Å². The normalized spacial score (nSPS) is 14.8. The molecule has 2 heterocycles. The maximum absolute atomic E-state index is 12.9. The molecule has 0 saturated carbocycles. The maximum Gasteiger partial charge on any atom is 0.272 e. The van der Waals surface area contributed by atoms with E-state index in [4.69, 9.17) is 0 Å². The highest BCUT2D eigenvalue weighted by atomic mass is 32.2. The van der Waals surface area contributed by atoms with E-state index in [-0.39, 0.29) is 12.5 Å². The molecule has 2 aromatic rings. The van der Waals surface area contributed by atoms with Crippen molar-refractivity contribution in [3.05, 3.63) is 58.9 Å². The molecule has 0 bridgehead atoms. The Morgan fingerprint density at radius 2 is 1.80 bits per heavy atom. The zero-order chi connectivity index (χ0) is 18.2. The molecule has 0 N–H and O–H groups in total. The van der Waals surface area contributed by atoms with Gasteiger partial charge < -0.3 is 4.90 Å². The Kier molecular flexibility index (Phi) is 4.51. The van der Waals surface area contributed by atoms with Gasteiger partial charge in [-0.25, -0.2) is 13.4 Å². The van der Waals surface area contributed by atoms with Crippen molar-refractivity contribution >= 4 is 21.6 Å². The summed E-state index contributed by atoms with van der Waals surface area (Å²) in [5, 5.41) is 0. The van der Waals surface area contributed by atoms with E-state index >= 15 is 0 Å². The van der Waals surface area contributed by atoms with Gasteiger partial charge in [-0.15, -0.1) is 0 Å². The number of amides is 1. The quantitative estimate of drug-likeness (QED) is 0.823. The predicted molar refractivity (Wildman–Crippen MR) is 97.1 cm³/mol. The summed E-state index contributed by atoms with van der Waals surface area (Å²) in [6, 6.07) is 10.9. The number of carbonyl (C=O) groups is 1. The second kappa shape index (κ2) is 6.48. The fourth-order valence-corrected chi connectivity index (χ4v) is 3.88. The Hall–Kier alpha value is -2.41. The highest BCUT2D eigenvalue weighted by molar-refractivity contribution is 7.92. The molecule has 1 aliphatic rings. The first-order valence-corrected chi connectivity index (χ1v) is 9.91. The molecule has 0 atom stereocenters. The van der Waals surface area contributed by atoms with Crippen LogP contribution in [0.4, 0.5) is 5.69 Å². The fraction of sp³-hybridized carbons (Fsp3) is 0.333. The van der Waals surface area contributed by atoms with Crippen LogP contribution < -0.4 is 4.31 Å². The molecule has 0 aliphatic carbocycles. The number of carbonyl (C=O) groups excluding carboxylic acids is 1. The summed E-state index contributed by atoms with van der Waals surface area (Å²) in [7, 11) is -3.41. The van der Waals surface area contributed by atoms with Crippen molar-refractivity contribution in [3.8, 4) is 0 Å². The molecular weight excluding hydrogens is 338 g/mol. The Balaban J connectivity index is 1.96. The third-order valence-corrected chi connectivity index (χ3v) is 5.63. The van der Waals surface area contributed by atoms with Crippen molar-refractivity contribution in [2.75, 3.05) is 23.7 Å². The monoisotopic (exact) mass is 359 g/mol. The van der Waals surface area contributed by atoms with E-state index in [1.54, 1.807) is 23.1 Å². The first kappa shape index (κ1) is 17.4. The summed E-state index contributed by atoms with van der Waals surface area (Å²) in [5.74, 6) is -0.187. The van der Waals surface area contributed by atoms with Crippen LogP contribution in [-0.2, 0) is 16.6 Å². The lowest BCUT2D eigenvalue weighted by Gasteiger charge is -2.22. The number of nitrogens with zero attached hydrogens (tertiary/aromatic N) is 3. The van der Waals surface area contributed by atoms with Gasteiger partial charge in [0.15, 0.2) is 0 Å². The SMILES string of the molecule is Cc1ccc(C(=O)N2CCN(S(C)(=O)=O)c3ccccc3C2)nc1C. The summed E-state index contributed by atoms with van der Waals surface area (Å²) in [5.41, 5.74) is 3.67. The lowest BCUT2D eigenvalue weighted by atomic mass is 10.1. The first-order chi connectivity index (χ1) is 11.8. The van der Waals surface area contributed by atoms with Crippen LogP contribution in [0.15, 0.2) is 36.4 Å². The van der Waals surface area contributed by atoms with Crippen molar-refractivity contribution < 1.29 is 13.2 Å². The van der Waals surface area contributed by atoms with Crippen LogP contribution in [0.25, 0.3) is 0 Å².